The van der Waals surface area contributed by atoms with Crippen molar-refractivity contribution < 1.29 is 13.2 Å². The number of rotatable bonds is 1. The van der Waals surface area contributed by atoms with Gasteiger partial charge >= 0.3 is 6.18 Å². The van der Waals surface area contributed by atoms with Gasteiger partial charge in [-0.05, 0) is 0 Å². The third-order valence-corrected chi connectivity index (χ3v) is 3.97. The van der Waals surface area contributed by atoms with E-state index in [1.165, 1.54) is 0 Å². The molecular weight excluding hydrogens is 411 g/mol. The van der Waals surface area contributed by atoms with E-state index in [1.807, 2.05) is 26.0 Å². The average Bonchev–Trinajstić information content (AvgIpc) is 1.94. The molecule has 0 amide bonds. The van der Waals surface area contributed by atoms with Crippen LogP contribution < -0.4 is 0 Å². The summed E-state index contributed by atoms with van der Waals surface area (Å²) in [6, 6.07) is -0.397. The minimum absolute atomic E-state index is 0.397. The third-order valence-electron chi connectivity index (χ3n) is 1.83. The van der Waals surface area contributed by atoms with Crippen LogP contribution in [0, 0.1) is 0 Å². The van der Waals surface area contributed by atoms with Gasteiger partial charge in [0.1, 0.15) is 0 Å². The molecule has 0 unspecified atom stereocenters. The van der Waals surface area contributed by atoms with E-state index < -0.39 is 18.6 Å². The SMILES string of the molecule is FC(F)(F)C[C@H]1CN(I)CCN1I. The van der Waals surface area contributed by atoms with Gasteiger partial charge in [0.2, 0.25) is 0 Å². The molecule has 1 fully saturated rings. The Labute approximate surface area is 103 Å². The summed E-state index contributed by atoms with van der Waals surface area (Å²) < 4.78 is 39.9. The topological polar surface area (TPSA) is 6.48 Å². The van der Waals surface area contributed by atoms with E-state index in [0.29, 0.717) is 13.1 Å². The summed E-state index contributed by atoms with van der Waals surface area (Å²) in [5, 5.41) is 0. The zero-order valence-electron chi connectivity index (χ0n) is 6.69. The summed E-state index contributed by atoms with van der Waals surface area (Å²) >= 11 is 4.04. The highest BCUT2D eigenvalue weighted by molar-refractivity contribution is 14.1. The van der Waals surface area contributed by atoms with Crippen LogP contribution in [-0.2, 0) is 0 Å². The van der Waals surface area contributed by atoms with Gasteiger partial charge in [-0.3, -0.25) is 0 Å². The van der Waals surface area contributed by atoms with Crippen LogP contribution in [0.3, 0.4) is 0 Å². The van der Waals surface area contributed by atoms with Crippen molar-refractivity contribution in [3.8, 4) is 0 Å². The molecule has 1 rings (SSSR count). The van der Waals surface area contributed by atoms with Crippen molar-refractivity contribution >= 4 is 45.7 Å². The summed E-state index contributed by atoms with van der Waals surface area (Å²) in [6.45, 7) is 2.02. The van der Waals surface area contributed by atoms with Gasteiger partial charge in [0.15, 0.2) is 0 Å². The van der Waals surface area contributed by atoms with Crippen molar-refractivity contribution in [3.63, 3.8) is 0 Å². The molecule has 2 nitrogen and oxygen atoms in total. The zero-order chi connectivity index (χ0) is 10.1. The van der Waals surface area contributed by atoms with E-state index in [1.54, 1.807) is 3.11 Å². The number of nitrogens with zero attached hydrogens (tertiary/aromatic N) is 2. The second kappa shape index (κ2) is 4.79. The van der Waals surface area contributed by atoms with Gasteiger partial charge in [-0.15, -0.1) is 0 Å². The Hall–Kier alpha value is 1.17. The standard InChI is InChI=1S/C6H9F3I2N2/c7-6(8,9)3-5-4-12(10)1-2-13(5)11/h5H,1-4H2/t5-/m0/s1. The average molecular weight is 420 g/mol. The first-order valence-electron chi connectivity index (χ1n) is 3.78. The highest BCUT2D eigenvalue weighted by atomic mass is 127. The van der Waals surface area contributed by atoms with Gasteiger partial charge in [-0.1, -0.05) is 0 Å². The second-order valence-corrected chi connectivity index (χ2v) is 5.57. The van der Waals surface area contributed by atoms with E-state index in [9.17, 15) is 13.2 Å². The maximum atomic E-state index is 12.1. The minimum Gasteiger partial charge on any atom is -0.245 e. The van der Waals surface area contributed by atoms with Gasteiger partial charge in [0.25, 0.3) is 0 Å². The Morgan fingerprint density at radius 2 is 1.85 bits per heavy atom. The molecule has 0 aromatic carbocycles. The number of piperazine rings is 1. The molecule has 0 bridgehead atoms. The molecule has 1 saturated heterocycles. The van der Waals surface area contributed by atoms with Gasteiger partial charge < -0.3 is 0 Å². The molecule has 0 aromatic rings. The lowest BCUT2D eigenvalue weighted by Crippen LogP contribution is -2.46. The summed E-state index contributed by atoms with van der Waals surface area (Å²) in [5.74, 6) is 0. The number of alkyl halides is 3. The first-order chi connectivity index (χ1) is 5.88. The summed E-state index contributed by atoms with van der Waals surface area (Å²) in [4.78, 5) is 0. The molecule has 1 aliphatic rings. The maximum Gasteiger partial charge on any atom is 0.390 e. The molecule has 0 spiro atoms. The molecule has 0 radical (unpaired) electrons. The number of halogens is 5. The number of hydrogen-bond donors (Lipinski definition) is 0. The fraction of sp³-hybridized carbons (Fsp3) is 1.00. The van der Waals surface area contributed by atoms with Crippen LogP contribution in [0.4, 0.5) is 13.2 Å². The van der Waals surface area contributed by atoms with E-state index in [-0.39, 0.29) is 0 Å². The molecule has 1 atom stereocenters. The van der Waals surface area contributed by atoms with Crippen LogP contribution in [0.1, 0.15) is 6.42 Å². The Bertz CT molecular complexity index is 176. The predicted molar refractivity (Wildman–Crippen MR) is 60.8 cm³/mol. The highest BCUT2D eigenvalue weighted by Gasteiger charge is 2.36. The van der Waals surface area contributed by atoms with E-state index in [0.717, 1.165) is 6.54 Å². The zero-order valence-corrected chi connectivity index (χ0v) is 11.0. The molecular formula is C6H9F3I2N2. The van der Waals surface area contributed by atoms with Crippen LogP contribution in [0.5, 0.6) is 0 Å². The first kappa shape index (κ1) is 12.2. The van der Waals surface area contributed by atoms with Crippen LogP contribution >= 0.6 is 45.7 Å². The highest BCUT2D eigenvalue weighted by Crippen LogP contribution is 2.28. The smallest absolute Gasteiger partial charge is 0.245 e. The Morgan fingerprint density at radius 1 is 1.23 bits per heavy atom. The van der Waals surface area contributed by atoms with Crippen LogP contribution in [0.15, 0.2) is 0 Å². The molecule has 0 aliphatic carbocycles. The molecule has 1 heterocycles. The lowest BCUT2D eigenvalue weighted by Gasteiger charge is -2.35. The largest absolute Gasteiger partial charge is 0.390 e. The van der Waals surface area contributed by atoms with Gasteiger partial charge in [0, 0.05) is 71.4 Å². The third kappa shape index (κ3) is 4.47. The fourth-order valence-corrected chi connectivity index (χ4v) is 2.49. The first-order valence-corrected chi connectivity index (χ1v) is 5.71. The van der Waals surface area contributed by atoms with Crippen molar-refractivity contribution in [3.05, 3.63) is 0 Å². The van der Waals surface area contributed by atoms with E-state index in [2.05, 4.69) is 22.9 Å². The van der Waals surface area contributed by atoms with Crippen molar-refractivity contribution in [2.75, 3.05) is 19.6 Å². The van der Waals surface area contributed by atoms with Gasteiger partial charge in [0.05, 0.1) is 6.42 Å². The lowest BCUT2D eigenvalue weighted by atomic mass is 10.1. The summed E-state index contributed by atoms with van der Waals surface area (Å²) in [6.07, 6.45) is -4.77. The van der Waals surface area contributed by atoms with Crippen molar-refractivity contribution in [1.29, 1.82) is 0 Å². The summed E-state index contributed by atoms with van der Waals surface area (Å²) in [5.41, 5.74) is 0. The molecule has 13 heavy (non-hydrogen) atoms. The van der Waals surface area contributed by atoms with Crippen LogP contribution in [0.25, 0.3) is 0 Å². The van der Waals surface area contributed by atoms with E-state index in [4.69, 9.17) is 0 Å². The molecule has 0 saturated carbocycles. The monoisotopic (exact) mass is 420 g/mol. The quantitative estimate of drug-likeness (QED) is 0.476. The van der Waals surface area contributed by atoms with Gasteiger partial charge in [-0.25, -0.2) is 6.23 Å². The van der Waals surface area contributed by atoms with Crippen LogP contribution in [-0.4, -0.2) is 38.1 Å². The molecule has 0 N–H and O–H groups in total. The molecule has 1 aliphatic heterocycles. The Kier molecular flexibility index (Phi) is 4.51. The van der Waals surface area contributed by atoms with Crippen molar-refractivity contribution in [2.24, 2.45) is 0 Å². The predicted octanol–water partition coefficient (Wildman–Crippen LogP) is 2.63. The lowest BCUT2D eigenvalue weighted by molar-refractivity contribution is -0.144. The fourth-order valence-electron chi connectivity index (χ4n) is 1.23. The van der Waals surface area contributed by atoms with Crippen molar-refractivity contribution in [1.82, 2.24) is 6.23 Å². The summed E-state index contributed by atoms with van der Waals surface area (Å²) in [7, 11) is 0. The number of hydrogen-bond acceptors (Lipinski definition) is 2. The second-order valence-electron chi connectivity index (χ2n) is 2.97. The Balaban J connectivity index is 2.47. The normalized spacial score (nSPS) is 27.9. The maximum absolute atomic E-state index is 12.1. The minimum atomic E-state index is -4.05. The van der Waals surface area contributed by atoms with Crippen molar-refractivity contribution in [2.45, 2.75) is 18.6 Å². The van der Waals surface area contributed by atoms with E-state index >= 15 is 0 Å². The van der Waals surface area contributed by atoms with Gasteiger partial charge in [-0.2, -0.15) is 13.2 Å². The molecule has 78 valence electrons. The molecule has 0 aromatic heterocycles. The Morgan fingerprint density at radius 3 is 2.38 bits per heavy atom. The van der Waals surface area contributed by atoms with Crippen LogP contribution in [0.2, 0.25) is 0 Å². The molecule has 7 heteroatoms.